The highest BCUT2D eigenvalue weighted by Gasteiger charge is 2.17. The zero-order valence-corrected chi connectivity index (χ0v) is 12.3. The Hall–Kier alpha value is -1.88. The molecule has 0 radical (unpaired) electrons. The molecule has 0 spiro atoms. The maximum absolute atomic E-state index is 6.16. The molecule has 1 aromatic heterocycles. The maximum Gasteiger partial charge on any atom is 0.264 e. The third-order valence-corrected chi connectivity index (χ3v) is 3.82. The van der Waals surface area contributed by atoms with Crippen LogP contribution in [0, 0.1) is 0 Å². The fraction of sp³-hybridized carbons (Fsp3) is 0.500. The van der Waals surface area contributed by atoms with E-state index < -0.39 is 0 Å². The fourth-order valence-corrected chi connectivity index (χ4v) is 2.72. The molecule has 1 aliphatic rings. The highest BCUT2D eigenvalue weighted by atomic mass is 16.5. The number of hydrogen-bond acceptors (Lipinski definition) is 5. The number of ether oxygens (including phenoxy) is 1. The molecule has 1 aliphatic carbocycles. The lowest BCUT2D eigenvalue weighted by Crippen LogP contribution is -2.17. The lowest BCUT2D eigenvalue weighted by molar-refractivity contribution is 0.242. The summed E-state index contributed by atoms with van der Waals surface area (Å²) in [6, 6.07) is 6.26. The van der Waals surface area contributed by atoms with Crippen molar-refractivity contribution in [2.24, 2.45) is 5.73 Å². The van der Waals surface area contributed by atoms with Crippen molar-refractivity contribution in [1.29, 1.82) is 0 Å². The minimum Gasteiger partial charge on any atom is -0.484 e. The maximum atomic E-state index is 6.16. The quantitative estimate of drug-likeness (QED) is 0.915. The molecule has 1 aromatic carbocycles. The minimum atomic E-state index is 0.122. The van der Waals surface area contributed by atoms with E-state index in [0.717, 1.165) is 43.7 Å². The van der Waals surface area contributed by atoms with Gasteiger partial charge in [0, 0.05) is 12.5 Å². The van der Waals surface area contributed by atoms with Gasteiger partial charge in [0.25, 0.3) is 5.89 Å². The van der Waals surface area contributed by atoms with E-state index in [1.807, 2.05) is 12.1 Å². The van der Waals surface area contributed by atoms with Crippen LogP contribution in [0.5, 0.6) is 5.75 Å². The molecular formula is C16H21N3O2. The molecule has 0 aliphatic heterocycles. The predicted octanol–water partition coefficient (Wildman–Crippen LogP) is 2.94. The largest absolute Gasteiger partial charge is 0.484 e. The summed E-state index contributed by atoms with van der Waals surface area (Å²) >= 11 is 0. The van der Waals surface area contributed by atoms with Crippen molar-refractivity contribution in [2.75, 3.05) is 0 Å². The van der Waals surface area contributed by atoms with E-state index in [0.29, 0.717) is 12.5 Å². The molecule has 5 heteroatoms. The number of nitrogens with two attached hydrogens (primary N) is 1. The number of benzene rings is 1. The van der Waals surface area contributed by atoms with E-state index in [4.69, 9.17) is 15.0 Å². The lowest BCUT2D eigenvalue weighted by atomic mass is 9.88. The molecule has 0 fully saturated rings. The third kappa shape index (κ3) is 3.24. The molecule has 1 heterocycles. The van der Waals surface area contributed by atoms with Crippen LogP contribution in [0.15, 0.2) is 22.7 Å². The van der Waals surface area contributed by atoms with Crippen LogP contribution >= 0.6 is 0 Å². The zero-order valence-electron chi connectivity index (χ0n) is 12.3. The summed E-state index contributed by atoms with van der Waals surface area (Å²) in [5.74, 6) is 2.06. The van der Waals surface area contributed by atoms with Crippen LogP contribution in [0.3, 0.4) is 0 Å². The fourth-order valence-electron chi connectivity index (χ4n) is 2.72. The SMILES string of the molecule is CCCc1noc(COc2ccc3c(c2)[C@@H](N)CCC3)n1. The van der Waals surface area contributed by atoms with E-state index >= 15 is 0 Å². The Morgan fingerprint density at radius 1 is 1.43 bits per heavy atom. The Kier molecular flexibility index (Phi) is 4.20. The molecule has 3 rings (SSSR count). The first kappa shape index (κ1) is 14.1. The molecule has 21 heavy (non-hydrogen) atoms. The van der Waals surface area contributed by atoms with Gasteiger partial charge >= 0.3 is 0 Å². The van der Waals surface area contributed by atoms with Crippen molar-refractivity contribution in [2.45, 2.75) is 51.7 Å². The zero-order chi connectivity index (χ0) is 14.7. The van der Waals surface area contributed by atoms with Gasteiger partial charge < -0.3 is 15.0 Å². The van der Waals surface area contributed by atoms with Crippen LogP contribution in [0.2, 0.25) is 0 Å². The van der Waals surface area contributed by atoms with Crippen LogP contribution in [0.1, 0.15) is 55.1 Å². The number of aromatic nitrogens is 2. The van der Waals surface area contributed by atoms with Gasteiger partial charge in [-0.2, -0.15) is 4.98 Å². The number of nitrogens with zero attached hydrogens (tertiary/aromatic N) is 2. The van der Waals surface area contributed by atoms with E-state index in [2.05, 4.69) is 23.1 Å². The second-order valence-electron chi connectivity index (χ2n) is 5.50. The normalized spacial score (nSPS) is 17.5. The molecule has 0 bridgehead atoms. The first-order chi connectivity index (χ1) is 10.3. The summed E-state index contributed by atoms with van der Waals surface area (Å²) in [7, 11) is 0. The van der Waals surface area contributed by atoms with Gasteiger partial charge in [-0.3, -0.25) is 0 Å². The Balaban J connectivity index is 1.66. The van der Waals surface area contributed by atoms with E-state index in [9.17, 15) is 0 Å². The average molecular weight is 287 g/mol. The van der Waals surface area contributed by atoms with E-state index in [1.54, 1.807) is 0 Å². The van der Waals surface area contributed by atoms with Gasteiger partial charge in [-0.05, 0) is 48.9 Å². The highest BCUT2D eigenvalue weighted by molar-refractivity contribution is 5.39. The monoisotopic (exact) mass is 287 g/mol. The molecule has 1 atom stereocenters. The van der Waals surface area contributed by atoms with Crippen molar-refractivity contribution in [3.05, 3.63) is 41.0 Å². The van der Waals surface area contributed by atoms with Gasteiger partial charge in [-0.1, -0.05) is 18.1 Å². The molecule has 0 saturated carbocycles. The van der Waals surface area contributed by atoms with Crippen LogP contribution in [-0.2, 0) is 19.4 Å². The second-order valence-corrected chi connectivity index (χ2v) is 5.50. The number of hydrogen-bond donors (Lipinski definition) is 1. The molecule has 2 aromatic rings. The van der Waals surface area contributed by atoms with Gasteiger partial charge in [0.2, 0.25) is 0 Å². The molecular weight excluding hydrogens is 266 g/mol. The Labute approximate surface area is 124 Å². The molecule has 0 saturated heterocycles. The van der Waals surface area contributed by atoms with Crippen molar-refractivity contribution >= 4 is 0 Å². The van der Waals surface area contributed by atoms with Gasteiger partial charge in [-0.25, -0.2) is 0 Å². The van der Waals surface area contributed by atoms with Gasteiger partial charge in [0.15, 0.2) is 12.4 Å². The number of rotatable bonds is 5. The van der Waals surface area contributed by atoms with Crippen LogP contribution in [0.25, 0.3) is 0 Å². The first-order valence-electron chi connectivity index (χ1n) is 7.59. The van der Waals surface area contributed by atoms with Crippen molar-refractivity contribution < 1.29 is 9.26 Å². The summed E-state index contributed by atoms with van der Waals surface area (Å²) in [6.45, 7) is 2.38. The predicted molar refractivity (Wildman–Crippen MR) is 78.9 cm³/mol. The molecule has 5 nitrogen and oxygen atoms in total. The standard InChI is InChI=1S/C16H21N3O2/c1-2-4-15-18-16(21-19-15)10-20-12-8-7-11-5-3-6-14(17)13(11)9-12/h7-9,14H,2-6,10,17H2,1H3/t14-/m0/s1. The number of aryl methyl sites for hydroxylation is 2. The van der Waals surface area contributed by atoms with Crippen molar-refractivity contribution in [3.63, 3.8) is 0 Å². The van der Waals surface area contributed by atoms with Gasteiger partial charge in [0.1, 0.15) is 5.75 Å². The summed E-state index contributed by atoms with van der Waals surface area (Å²) in [5, 5.41) is 3.91. The van der Waals surface area contributed by atoms with Crippen molar-refractivity contribution in [1.82, 2.24) is 10.1 Å². The molecule has 112 valence electrons. The van der Waals surface area contributed by atoms with E-state index in [-0.39, 0.29) is 6.04 Å². The summed E-state index contributed by atoms with van der Waals surface area (Å²) < 4.78 is 10.9. The van der Waals surface area contributed by atoms with Crippen LogP contribution < -0.4 is 10.5 Å². The third-order valence-electron chi connectivity index (χ3n) is 3.82. The van der Waals surface area contributed by atoms with E-state index in [1.165, 1.54) is 11.1 Å². The van der Waals surface area contributed by atoms with Gasteiger partial charge in [0.05, 0.1) is 0 Å². The smallest absolute Gasteiger partial charge is 0.264 e. The minimum absolute atomic E-state index is 0.122. The topological polar surface area (TPSA) is 74.2 Å². The molecule has 0 unspecified atom stereocenters. The Morgan fingerprint density at radius 2 is 2.33 bits per heavy atom. The Bertz CT molecular complexity index is 609. The van der Waals surface area contributed by atoms with Crippen molar-refractivity contribution in [3.8, 4) is 5.75 Å². The molecule has 0 amide bonds. The number of fused-ring (bicyclic) bond motifs is 1. The first-order valence-corrected chi connectivity index (χ1v) is 7.59. The summed E-state index contributed by atoms with van der Waals surface area (Å²) in [4.78, 5) is 4.29. The average Bonchev–Trinajstić information content (AvgIpc) is 2.94. The summed E-state index contributed by atoms with van der Waals surface area (Å²) in [6.07, 6.45) is 5.14. The highest BCUT2D eigenvalue weighted by Crippen LogP contribution is 2.31. The van der Waals surface area contributed by atoms with Crippen LogP contribution in [0.4, 0.5) is 0 Å². The molecule has 2 N–H and O–H groups in total. The lowest BCUT2D eigenvalue weighted by Gasteiger charge is -2.22. The summed E-state index contributed by atoms with van der Waals surface area (Å²) in [5.41, 5.74) is 8.70. The Morgan fingerprint density at radius 3 is 3.19 bits per heavy atom. The van der Waals surface area contributed by atoms with Crippen LogP contribution in [-0.4, -0.2) is 10.1 Å². The second kappa shape index (κ2) is 6.26. The van der Waals surface area contributed by atoms with Gasteiger partial charge in [-0.15, -0.1) is 0 Å².